The summed E-state index contributed by atoms with van der Waals surface area (Å²) in [5.74, 6) is 0. The summed E-state index contributed by atoms with van der Waals surface area (Å²) in [7, 11) is 0. The molecule has 1 aromatic heterocycles. The third-order valence-electron chi connectivity index (χ3n) is 17.0. The lowest BCUT2D eigenvalue weighted by Gasteiger charge is -2.25. The predicted octanol–water partition coefficient (Wildman–Crippen LogP) is 21.2. The summed E-state index contributed by atoms with van der Waals surface area (Å²) in [6.45, 7) is 9.65. The van der Waals surface area contributed by atoms with Gasteiger partial charge in [-0.2, -0.15) is 0 Å². The first-order chi connectivity index (χ1) is 37.7. The van der Waals surface area contributed by atoms with Gasteiger partial charge < -0.3 is 9.80 Å². The first kappa shape index (κ1) is 45.4. The molecule has 13 aromatic rings. The summed E-state index contributed by atoms with van der Waals surface area (Å²) in [6.07, 6.45) is 0. The highest BCUT2D eigenvalue weighted by atomic mass is 32.1. The minimum Gasteiger partial charge on any atom is -0.311 e. The zero-order valence-electron chi connectivity index (χ0n) is 43.6. The molecule has 77 heavy (non-hydrogen) atoms. The number of rotatable bonds is 8. The van der Waals surface area contributed by atoms with Crippen LogP contribution >= 0.6 is 11.3 Å². The van der Waals surface area contributed by atoms with Gasteiger partial charge in [-0.3, -0.25) is 0 Å². The van der Waals surface area contributed by atoms with Gasteiger partial charge in [-0.15, -0.1) is 11.3 Å². The van der Waals surface area contributed by atoms with Crippen molar-refractivity contribution in [2.45, 2.75) is 38.5 Å². The van der Waals surface area contributed by atoms with Gasteiger partial charge in [-0.1, -0.05) is 173 Å². The van der Waals surface area contributed by atoms with Crippen LogP contribution in [0.25, 0.3) is 86.2 Å². The van der Waals surface area contributed by atoms with E-state index in [4.69, 9.17) is 0 Å². The summed E-state index contributed by atoms with van der Waals surface area (Å²) in [4.78, 5) is 4.69. The Morgan fingerprint density at radius 2 is 0.571 bits per heavy atom. The van der Waals surface area contributed by atoms with Crippen LogP contribution in [-0.4, -0.2) is 0 Å². The number of para-hydroxylation sites is 4. The van der Waals surface area contributed by atoms with Crippen molar-refractivity contribution in [2.75, 3.05) is 9.80 Å². The molecule has 0 saturated heterocycles. The van der Waals surface area contributed by atoms with Crippen molar-refractivity contribution in [3.63, 3.8) is 0 Å². The zero-order valence-corrected chi connectivity index (χ0v) is 44.4. The fraction of sp³-hybridized carbons (Fsp3) is 0.0811. The molecule has 2 aliphatic carbocycles. The molecule has 0 saturated carbocycles. The van der Waals surface area contributed by atoms with Gasteiger partial charge in [-0.25, -0.2) is 0 Å². The van der Waals surface area contributed by atoms with E-state index >= 15 is 0 Å². The van der Waals surface area contributed by atoms with Crippen molar-refractivity contribution >= 4 is 87.2 Å². The molecular weight excluding hydrogens is 949 g/mol. The van der Waals surface area contributed by atoms with Gasteiger partial charge in [0.25, 0.3) is 0 Å². The maximum atomic E-state index is 2.58. The fourth-order valence-electron chi connectivity index (χ4n) is 13.2. The Balaban J connectivity index is 0.985. The molecule has 366 valence electrons. The van der Waals surface area contributed by atoms with E-state index in [1.165, 1.54) is 108 Å². The molecule has 0 radical (unpaired) electrons. The normalized spacial score (nSPS) is 13.7. The number of thiophene rings is 1. The monoisotopic (exact) mass is 1000 g/mol. The van der Waals surface area contributed by atoms with E-state index in [1.54, 1.807) is 0 Å². The fourth-order valence-corrected chi connectivity index (χ4v) is 14.5. The topological polar surface area (TPSA) is 6.48 Å². The van der Waals surface area contributed by atoms with Crippen LogP contribution in [0, 0.1) is 0 Å². The molecule has 0 N–H and O–H groups in total. The van der Waals surface area contributed by atoms with Crippen LogP contribution in [0.3, 0.4) is 0 Å². The molecule has 0 aliphatic heterocycles. The van der Waals surface area contributed by atoms with E-state index in [0.29, 0.717) is 0 Å². The second-order valence-electron chi connectivity index (χ2n) is 22.0. The molecule has 0 fully saturated rings. The zero-order chi connectivity index (χ0) is 51.6. The quantitative estimate of drug-likeness (QED) is 0.150. The standard InChI is InChI=1S/C74H54N2S/c1-73(2)65-31-19-17-29-55(65)61-41-59-57(47-33-37-53(38-34-47)75(49-21-9-5-10-22-49)50-23-11-6-12-24-50)45-69-71(63(59)43-67(61)73)72-64-44-68-62(56-30-18-20-32-66(56)74(68,3)4)42-60(64)58(46-70(72)77-69)48-35-39-54(40-36-48)76(51-25-13-7-14-26-51)52-27-15-8-16-28-52/h5-46H,1-4H3. The Morgan fingerprint density at radius 3 is 0.922 bits per heavy atom. The van der Waals surface area contributed by atoms with Crippen LogP contribution in [0.1, 0.15) is 49.9 Å². The molecule has 0 spiro atoms. The van der Waals surface area contributed by atoms with Crippen LogP contribution in [0.5, 0.6) is 0 Å². The van der Waals surface area contributed by atoms with Crippen molar-refractivity contribution in [2.24, 2.45) is 0 Å². The number of hydrogen-bond donors (Lipinski definition) is 0. The SMILES string of the molecule is CC1(C)c2ccccc2-c2cc3c(-c4ccc(N(c5ccccc5)c5ccccc5)cc4)cc4sc5cc(-c6ccc(N(c7ccccc7)c7ccccc7)cc6)c6cc7c(cc6c5c4c3cc21)C(C)(C)c1ccccc1-7. The molecule has 1 heterocycles. The average molecular weight is 1000 g/mol. The molecule has 3 heteroatoms. The summed E-state index contributed by atoms with van der Waals surface area (Å²) < 4.78 is 2.60. The highest BCUT2D eigenvalue weighted by molar-refractivity contribution is 7.26. The first-order valence-corrected chi connectivity index (χ1v) is 27.7. The van der Waals surface area contributed by atoms with Crippen LogP contribution in [-0.2, 0) is 10.8 Å². The Morgan fingerprint density at radius 1 is 0.260 bits per heavy atom. The van der Waals surface area contributed by atoms with Gasteiger partial charge in [0.2, 0.25) is 0 Å². The second kappa shape index (κ2) is 17.3. The number of hydrogen-bond acceptors (Lipinski definition) is 3. The van der Waals surface area contributed by atoms with Gasteiger partial charge in [0, 0.05) is 65.1 Å². The average Bonchev–Trinajstić information content (AvgIpc) is 4.07. The van der Waals surface area contributed by atoms with Gasteiger partial charge in [0.1, 0.15) is 0 Å². The number of nitrogens with zero attached hydrogens (tertiary/aromatic N) is 2. The molecule has 12 aromatic carbocycles. The van der Waals surface area contributed by atoms with Crippen molar-refractivity contribution in [3.8, 4) is 44.5 Å². The number of anilines is 6. The van der Waals surface area contributed by atoms with Gasteiger partial charge in [-0.05, 0) is 198 Å². The lowest BCUT2D eigenvalue weighted by Crippen LogP contribution is -2.14. The summed E-state index contributed by atoms with van der Waals surface area (Å²) in [6, 6.07) is 94.7. The highest BCUT2D eigenvalue weighted by Gasteiger charge is 2.38. The molecule has 2 nitrogen and oxygen atoms in total. The van der Waals surface area contributed by atoms with Crippen LogP contribution in [0.2, 0.25) is 0 Å². The Kier molecular flexibility index (Phi) is 10.2. The molecule has 0 bridgehead atoms. The van der Waals surface area contributed by atoms with Crippen molar-refractivity contribution in [1.82, 2.24) is 0 Å². The third kappa shape index (κ3) is 7.00. The summed E-state index contributed by atoms with van der Waals surface area (Å²) in [5, 5.41) is 7.87. The summed E-state index contributed by atoms with van der Waals surface area (Å²) in [5.41, 5.74) is 22.2. The minimum atomic E-state index is -0.164. The van der Waals surface area contributed by atoms with Crippen LogP contribution < -0.4 is 9.80 Å². The Hall–Kier alpha value is -9.02. The largest absolute Gasteiger partial charge is 0.311 e. The molecule has 2 aliphatic rings. The van der Waals surface area contributed by atoms with Crippen LogP contribution in [0.15, 0.2) is 255 Å². The minimum absolute atomic E-state index is 0.164. The van der Waals surface area contributed by atoms with E-state index in [2.05, 4.69) is 292 Å². The maximum Gasteiger partial charge on any atom is 0.0462 e. The van der Waals surface area contributed by atoms with Crippen molar-refractivity contribution in [1.29, 1.82) is 0 Å². The summed E-state index contributed by atoms with van der Waals surface area (Å²) >= 11 is 1.94. The van der Waals surface area contributed by atoms with Crippen molar-refractivity contribution in [3.05, 3.63) is 277 Å². The Bertz CT molecular complexity index is 4090. The first-order valence-electron chi connectivity index (χ1n) is 26.9. The lowest BCUT2D eigenvalue weighted by atomic mass is 9.80. The molecule has 15 rings (SSSR count). The smallest absolute Gasteiger partial charge is 0.0462 e. The molecule has 0 atom stereocenters. The predicted molar refractivity (Wildman–Crippen MR) is 330 cm³/mol. The molecule has 0 unspecified atom stereocenters. The molecular formula is C74H54N2S. The Labute approximate surface area is 454 Å². The molecule has 0 amide bonds. The number of fused-ring (bicyclic) bond motifs is 13. The maximum absolute atomic E-state index is 2.58. The van der Waals surface area contributed by atoms with E-state index < -0.39 is 0 Å². The van der Waals surface area contributed by atoms with E-state index in [1.807, 2.05) is 11.3 Å². The van der Waals surface area contributed by atoms with Gasteiger partial charge in [0.05, 0.1) is 0 Å². The van der Waals surface area contributed by atoms with Crippen molar-refractivity contribution < 1.29 is 0 Å². The number of benzene rings is 12. The van der Waals surface area contributed by atoms with Gasteiger partial charge in [0.15, 0.2) is 0 Å². The van der Waals surface area contributed by atoms with E-state index in [0.717, 1.165) is 34.1 Å². The van der Waals surface area contributed by atoms with E-state index in [-0.39, 0.29) is 10.8 Å². The van der Waals surface area contributed by atoms with E-state index in [9.17, 15) is 0 Å². The lowest BCUT2D eigenvalue weighted by molar-refractivity contribution is 0.661. The second-order valence-corrected chi connectivity index (χ2v) is 23.1. The van der Waals surface area contributed by atoms with Crippen LogP contribution in [0.4, 0.5) is 34.1 Å². The highest BCUT2D eigenvalue weighted by Crippen LogP contribution is 2.56. The van der Waals surface area contributed by atoms with Gasteiger partial charge >= 0.3 is 0 Å². The third-order valence-corrected chi connectivity index (χ3v) is 18.1.